The Balaban J connectivity index is 1.57. The summed E-state index contributed by atoms with van der Waals surface area (Å²) in [5.41, 5.74) is 1.19. The van der Waals surface area contributed by atoms with Crippen LogP contribution in [0.25, 0.3) is 5.69 Å². The fourth-order valence-corrected chi connectivity index (χ4v) is 3.56. The van der Waals surface area contributed by atoms with Gasteiger partial charge >= 0.3 is 11.9 Å². The molecule has 29 heavy (non-hydrogen) atoms. The molecule has 0 aliphatic heterocycles. The molecule has 0 unspecified atom stereocenters. The monoisotopic (exact) mass is 395 g/mol. The van der Waals surface area contributed by atoms with Crippen LogP contribution in [-0.4, -0.2) is 22.1 Å². The number of esters is 2. The van der Waals surface area contributed by atoms with E-state index in [1.54, 1.807) is 6.08 Å². The van der Waals surface area contributed by atoms with Crippen LogP contribution in [0.2, 0.25) is 0 Å². The second kappa shape index (κ2) is 7.90. The number of ether oxygens (including phenoxy) is 2. The van der Waals surface area contributed by atoms with Gasteiger partial charge in [0.1, 0.15) is 12.2 Å². The van der Waals surface area contributed by atoms with E-state index in [0.717, 1.165) is 11.3 Å². The number of hydrogen-bond donors (Lipinski definition) is 0. The Morgan fingerprint density at radius 2 is 1.83 bits per heavy atom. The number of benzene rings is 1. The van der Waals surface area contributed by atoms with Gasteiger partial charge in [0.05, 0.1) is 5.92 Å². The molecule has 154 valence electrons. The molecule has 1 aromatic carbocycles. The van der Waals surface area contributed by atoms with Crippen molar-refractivity contribution in [1.29, 1.82) is 0 Å². The lowest BCUT2D eigenvalue weighted by Gasteiger charge is -2.17. The molecule has 0 bridgehead atoms. The molecule has 0 saturated heterocycles. The lowest BCUT2D eigenvalue weighted by molar-refractivity contribution is -0.149. The highest BCUT2D eigenvalue weighted by Gasteiger charge is 2.61. The van der Waals surface area contributed by atoms with Gasteiger partial charge in [-0.25, -0.2) is 4.79 Å². The molecular weight excluding hydrogens is 366 g/mol. The van der Waals surface area contributed by atoms with Crippen molar-refractivity contribution in [3.8, 4) is 5.69 Å². The topological polar surface area (TPSA) is 57.5 Å². The number of allylic oxidation sites excluding steroid dienone is 1. The van der Waals surface area contributed by atoms with Crippen LogP contribution in [0.5, 0.6) is 0 Å². The van der Waals surface area contributed by atoms with Crippen molar-refractivity contribution < 1.29 is 19.1 Å². The van der Waals surface area contributed by atoms with Crippen LogP contribution in [0.1, 0.15) is 40.2 Å². The highest BCUT2D eigenvalue weighted by molar-refractivity contribution is 5.83. The average Bonchev–Trinajstić information content (AvgIpc) is 3.00. The van der Waals surface area contributed by atoms with Crippen LogP contribution in [-0.2, 0) is 25.7 Å². The summed E-state index contributed by atoms with van der Waals surface area (Å²) in [7, 11) is 0. The predicted octanol–water partition coefficient (Wildman–Crippen LogP) is 4.69. The van der Waals surface area contributed by atoms with Crippen molar-refractivity contribution in [1.82, 2.24) is 4.57 Å². The van der Waals surface area contributed by atoms with Crippen LogP contribution < -0.4 is 0 Å². The Morgan fingerprint density at radius 1 is 1.14 bits per heavy atom. The number of carbonyl (C=O) groups is 2. The third kappa shape index (κ3) is 5.17. The van der Waals surface area contributed by atoms with E-state index in [-0.39, 0.29) is 29.8 Å². The van der Waals surface area contributed by atoms with E-state index < -0.39 is 11.6 Å². The first-order chi connectivity index (χ1) is 13.6. The van der Waals surface area contributed by atoms with Crippen LogP contribution >= 0.6 is 0 Å². The highest BCUT2D eigenvalue weighted by Crippen LogP contribution is 2.59. The van der Waals surface area contributed by atoms with Gasteiger partial charge in [0.25, 0.3) is 0 Å². The molecule has 0 amide bonds. The molecule has 5 heteroatoms. The van der Waals surface area contributed by atoms with Gasteiger partial charge in [0, 0.05) is 24.2 Å². The zero-order chi connectivity index (χ0) is 21.2. The molecule has 1 aliphatic rings. The van der Waals surface area contributed by atoms with Crippen molar-refractivity contribution >= 4 is 11.9 Å². The zero-order valence-corrected chi connectivity index (χ0v) is 17.7. The van der Waals surface area contributed by atoms with Gasteiger partial charge in [-0.1, -0.05) is 32.1 Å². The van der Waals surface area contributed by atoms with Gasteiger partial charge in [-0.05, 0) is 61.9 Å². The Bertz CT molecular complexity index is 903. The molecule has 1 aliphatic carbocycles. The quantitative estimate of drug-likeness (QED) is 0.526. The van der Waals surface area contributed by atoms with E-state index in [9.17, 15) is 9.59 Å². The molecule has 1 heterocycles. The second-order valence-electron chi connectivity index (χ2n) is 9.09. The van der Waals surface area contributed by atoms with Crippen LogP contribution in [0.4, 0.5) is 0 Å². The molecule has 0 radical (unpaired) electrons. The Labute approximate surface area is 172 Å². The maximum absolute atomic E-state index is 12.6. The maximum Gasteiger partial charge on any atom is 0.330 e. The number of hydrogen-bond acceptors (Lipinski definition) is 4. The van der Waals surface area contributed by atoms with E-state index in [0.29, 0.717) is 0 Å². The van der Waals surface area contributed by atoms with E-state index >= 15 is 0 Å². The molecule has 1 fully saturated rings. The van der Waals surface area contributed by atoms with Crippen molar-refractivity contribution in [2.45, 2.75) is 46.8 Å². The highest BCUT2D eigenvalue weighted by atomic mass is 16.6. The Hall–Kier alpha value is -2.82. The fraction of sp³-hybridized carbons (Fsp3) is 0.417. The zero-order valence-electron chi connectivity index (χ0n) is 17.7. The summed E-state index contributed by atoms with van der Waals surface area (Å²) in [6.45, 7) is 9.72. The molecule has 0 spiro atoms. The summed E-state index contributed by atoms with van der Waals surface area (Å²) in [5, 5.41) is 0. The predicted molar refractivity (Wildman–Crippen MR) is 111 cm³/mol. The van der Waals surface area contributed by atoms with E-state index in [4.69, 9.17) is 9.47 Å². The SMILES string of the molecule is CC(C)(C)OC(=O)C=C[C@H]1[C@@H](C(=O)OCc2cccc(-n3cccc3)c2)C1(C)C. The Kier molecular flexibility index (Phi) is 5.69. The summed E-state index contributed by atoms with van der Waals surface area (Å²) < 4.78 is 12.9. The Morgan fingerprint density at radius 3 is 2.48 bits per heavy atom. The van der Waals surface area contributed by atoms with Crippen molar-refractivity contribution in [3.05, 3.63) is 66.5 Å². The first-order valence-corrected chi connectivity index (χ1v) is 9.88. The molecule has 0 N–H and O–H groups in total. The number of rotatable bonds is 6. The van der Waals surface area contributed by atoms with E-state index in [1.807, 2.05) is 88.0 Å². The minimum Gasteiger partial charge on any atom is -0.461 e. The maximum atomic E-state index is 12.6. The summed E-state index contributed by atoms with van der Waals surface area (Å²) in [5.74, 6) is -0.920. The van der Waals surface area contributed by atoms with Gasteiger partial charge in [0.15, 0.2) is 0 Å². The van der Waals surface area contributed by atoms with Crippen molar-refractivity contribution in [2.75, 3.05) is 0 Å². The van der Waals surface area contributed by atoms with Crippen LogP contribution in [0.3, 0.4) is 0 Å². The largest absolute Gasteiger partial charge is 0.461 e. The minimum atomic E-state index is -0.534. The summed E-state index contributed by atoms with van der Waals surface area (Å²) in [6.07, 6.45) is 7.14. The van der Waals surface area contributed by atoms with Gasteiger partial charge in [-0.15, -0.1) is 0 Å². The first-order valence-electron chi connectivity index (χ1n) is 9.88. The molecule has 2 aromatic rings. The van der Waals surface area contributed by atoms with E-state index in [2.05, 4.69) is 0 Å². The van der Waals surface area contributed by atoms with Gasteiger partial charge in [-0.2, -0.15) is 0 Å². The van der Waals surface area contributed by atoms with Crippen LogP contribution in [0.15, 0.2) is 60.9 Å². The van der Waals surface area contributed by atoms with Gasteiger partial charge < -0.3 is 14.0 Å². The molecule has 3 rings (SSSR count). The lowest BCUT2D eigenvalue weighted by Crippen LogP contribution is -2.22. The fourth-order valence-electron chi connectivity index (χ4n) is 3.56. The smallest absolute Gasteiger partial charge is 0.330 e. The van der Waals surface area contributed by atoms with Crippen molar-refractivity contribution in [3.63, 3.8) is 0 Å². The second-order valence-corrected chi connectivity index (χ2v) is 9.09. The third-order valence-corrected chi connectivity index (χ3v) is 5.21. The summed E-state index contributed by atoms with van der Waals surface area (Å²) in [4.78, 5) is 24.5. The number of nitrogens with zero attached hydrogens (tertiary/aromatic N) is 1. The van der Waals surface area contributed by atoms with Crippen LogP contribution in [0, 0.1) is 17.3 Å². The number of aromatic nitrogens is 1. The molecule has 1 saturated carbocycles. The first kappa shape index (κ1) is 20.9. The molecule has 2 atom stereocenters. The van der Waals surface area contributed by atoms with E-state index in [1.165, 1.54) is 6.08 Å². The summed E-state index contributed by atoms with van der Waals surface area (Å²) >= 11 is 0. The summed E-state index contributed by atoms with van der Waals surface area (Å²) in [6, 6.07) is 11.8. The number of carbonyl (C=O) groups excluding carboxylic acids is 2. The average molecular weight is 395 g/mol. The van der Waals surface area contributed by atoms with Crippen molar-refractivity contribution in [2.24, 2.45) is 17.3 Å². The standard InChI is InChI=1S/C24H29NO4/c1-23(2,3)29-20(26)12-11-19-21(24(19,4)5)22(27)28-16-17-9-8-10-18(15-17)25-13-6-7-14-25/h6-15,19,21H,16H2,1-5H3/t19-,21-/m0/s1. The lowest BCUT2D eigenvalue weighted by atomic mass is 10.1. The van der Waals surface area contributed by atoms with Gasteiger partial charge in [-0.3, -0.25) is 4.79 Å². The normalized spacial score (nSPS) is 20.4. The molecule has 5 nitrogen and oxygen atoms in total. The molecular formula is C24H29NO4. The third-order valence-electron chi connectivity index (χ3n) is 5.21. The molecule has 1 aromatic heterocycles. The van der Waals surface area contributed by atoms with Gasteiger partial charge in [0.2, 0.25) is 0 Å². The minimum absolute atomic E-state index is 0.0336.